The summed E-state index contributed by atoms with van der Waals surface area (Å²) in [6.07, 6.45) is 2.71. The lowest BCUT2D eigenvalue weighted by Crippen LogP contribution is -2.19. The van der Waals surface area contributed by atoms with Crippen LogP contribution in [-0.4, -0.2) is 24.0 Å². The summed E-state index contributed by atoms with van der Waals surface area (Å²) in [6, 6.07) is 7.43. The van der Waals surface area contributed by atoms with E-state index < -0.39 is 17.3 Å². The zero-order valence-electron chi connectivity index (χ0n) is 13.6. The van der Waals surface area contributed by atoms with Crippen molar-refractivity contribution in [1.82, 2.24) is 4.98 Å². The van der Waals surface area contributed by atoms with Crippen LogP contribution >= 0.6 is 0 Å². The zero-order valence-corrected chi connectivity index (χ0v) is 13.6. The molecule has 0 unspecified atom stereocenters. The predicted molar refractivity (Wildman–Crippen MR) is 92.5 cm³/mol. The summed E-state index contributed by atoms with van der Waals surface area (Å²) >= 11 is 0. The maximum atomic E-state index is 14.3. The maximum Gasteiger partial charge on any atom is 0.282 e. The van der Waals surface area contributed by atoms with E-state index in [1.54, 1.807) is 12.1 Å². The summed E-state index contributed by atoms with van der Waals surface area (Å²) in [6.45, 7) is 0. The number of amides is 1. The molecule has 1 heterocycles. The first-order valence-corrected chi connectivity index (χ1v) is 7.66. The number of aliphatic imine (C=N–C) groups is 1. The summed E-state index contributed by atoms with van der Waals surface area (Å²) < 4.78 is 19.1. The highest BCUT2D eigenvalue weighted by atomic mass is 19.1. The molecule has 5 N–H and O–H groups in total. The van der Waals surface area contributed by atoms with Gasteiger partial charge in [-0.2, -0.15) is 0 Å². The second-order valence-electron chi connectivity index (χ2n) is 5.81. The number of ether oxygens (including phenoxy) is 1. The Morgan fingerprint density at radius 1 is 1.36 bits per heavy atom. The number of rotatable bonds is 4. The van der Waals surface area contributed by atoms with Gasteiger partial charge in [-0.05, 0) is 43.2 Å². The van der Waals surface area contributed by atoms with Crippen molar-refractivity contribution >= 4 is 23.3 Å². The number of nitrogens with zero attached hydrogens (tertiary/aromatic N) is 2. The number of nitrogens with two attached hydrogens (primary N) is 2. The number of nitrogens with one attached hydrogen (secondary N) is 1. The molecule has 0 atom stereocenters. The van der Waals surface area contributed by atoms with Gasteiger partial charge in [-0.25, -0.2) is 14.4 Å². The van der Waals surface area contributed by atoms with Crippen LogP contribution < -0.4 is 16.8 Å². The van der Waals surface area contributed by atoms with Crippen LogP contribution in [0.4, 0.5) is 15.8 Å². The Balaban J connectivity index is 1.85. The lowest BCUT2D eigenvalue weighted by Gasteiger charge is -2.14. The number of aromatic nitrogens is 1. The minimum atomic E-state index is -0.732. The van der Waals surface area contributed by atoms with E-state index in [4.69, 9.17) is 16.2 Å². The molecule has 7 nitrogen and oxygen atoms in total. The largest absolute Gasteiger partial charge is 0.469 e. The Morgan fingerprint density at radius 3 is 2.72 bits per heavy atom. The van der Waals surface area contributed by atoms with Crippen molar-refractivity contribution in [3.05, 3.63) is 53.6 Å². The summed E-state index contributed by atoms with van der Waals surface area (Å²) in [5, 5.41) is 2.69. The molecular weight excluding hydrogens is 325 g/mol. The first kappa shape index (κ1) is 16.7. The number of carbonyl (C=O) groups excluding carboxylic acids is 1. The van der Waals surface area contributed by atoms with Crippen molar-refractivity contribution in [1.29, 1.82) is 0 Å². The van der Waals surface area contributed by atoms with Crippen molar-refractivity contribution in [2.24, 2.45) is 10.7 Å². The third-order valence-electron chi connectivity index (χ3n) is 4.00. The Labute approximate surface area is 143 Å². The number of amidine groups is 1. The van der Waals surface area contributed by atoms with E-state index in [0.717, 1.165) is 0 Å². The molecule has 0 bridgehead atoms. The SMILES string of the molecule is CO/C(N)=N\C1(c2cc(NC(=O)c3ccc(N)cn3)ccc2F)CC1. The molecule has 130 valence electrons. The molecule has 0 saturated heterocycles. The van der Waals surface area contributed by atoms with Crippen LogP contribution in [0.15, 0.2) is 41.5 Å². The van der Waals surface area contributed by atoms with E-state index in [0.29, 0.717) is 29.8 Å². The topological polar surface area (TPSA) is 116 Å². The van der Waals surface area contributed by atoms with Gasteiger partial charge in [0.25, 0.3) is 11.9 Å². The monoisotopic (exact) mass is 343 g/mol. The Hall–Kier alpha value is -3.16. The Morgan fingerprint density at radius 2 is 2.12 bits per heavy atom. The summed E-state index contributed by atoms with van der Waals surface area (Å²) in [5.74, 6) is -0.823. The van der Waals surface area contributed by atoms with E-state index in [-0.39, 0.29) is 11.7 Å². The van der Waals surface area contributed by atoms with Gasteiger partial charge in [0.1, 0.15) is 11.5 Å². The summed E-state index contributed by atoms with van der Waals surface area (Å²) in [5.41, 5.74) is 11.9. The van der Waals surface area contributed by atoms with Crippen molar-refractivity contribution in [2.75, 3.05) is 18.2 Å². The molecule has 8 heteroatoms. The normalized spacial score (nSPS) is 15.5. The van der Waals surface area contributed by atoms with Crippen LogP contribution in [0.2, 0.25) is 0 Å². The van der Waals surface area contributed by atoms with Crippen molar-refractivity contribution in [3.63, 3.8) is 0 Å². The highest BCUT2D eigenvalue weighted by Gasteiger charge is 2.47. The molecule has 1 aliphatic rings. The average Bonchev–Trinajstić information content (AvgIpc) is 3.37. The van der Waals surface area contributed by atoms with Crippen LogP contribution in [-0.2, 0) is 10.3 Å². The lowest BCUT2D eigenvalue weighted by atomic mass is 10.0. The molecule has 0 aliphatic heterocycles. The number of halogens is 1. The van der Waals surface area contributed by atoms with Gasteiger partial charge in [0, 0.05) is 11.3 Å². The van der Waals surface area contributed by atoms with Crippen LogP contribution in [0.1, 0.15) is 28.9 Å². The van der Waals surface area contributed by atoms with Crippen molar-refractivity contribution in [2.45, 2.75) is 18.4 Å². The van der Waals surface area contributed by atoms with Gasteiger partial charge in [-0.3, -0.25) is 4.79 Å². The highest BCUT2D eigenvalue weighted by Crippen LogP contribution is 2.51. The van der Waals surface area contributed by atoms with Crippen molar-refractivity contribution < 1.29 is 13.9 Å². The van der Waals surface area contributed by atoms with Gasteiger partial charge in [0.2, 0.25) is 0 Å². The third kappa shape index (κ3) is 3.52. The van der Waals surface area contributed by atoms with E-state index >= 15 is 0 Å². The van der Waals surface area contributed by atoms with Gasteiger partial charge >= 0.3 is 0 Å². The van der Waals surface area contributed by atoms with E-state index in [1.165, 1.54) is 31.5 Å². The van der Waals surface area contributed by atoms with Crippen molar-refractivity contribution in [3.8, 4) is 0 Å². The second kappa shape index (κ2) is 6.39. The minimum Gasteiger partial charge on any atom is -0.469 e. The Kier molecular flexibility index (Phi) is 4.26. The number of hydrogen-bond acceptors (Lipinski definition) is 5. The number of pyridine rings is 1. The molecular formula is C17H18FN5O2. The number of methoxy groups -OCH3 is 1. The third-order valence-corrected chi connectivity index (χ3v) is 4.00. The van der Waals surface area contributed by atoms with Crippen LogP contribution in [0, 0.1) is 5.82 Å². The van der Waals surface area contributed by atoms with Crippen LogP contribution in [0.25, 0.3) is 0 Å². The second-order valence-corrected chi connectivity index (χ2v) is 5.81. The molecule has 0 spiro atoms. The fraction of sp³-hybridized carbons (Fsp3) is 0.235. The fourth-order valence-corrected chi connectivity index (χ4v) is 2.51. The van der Waals surface area contributed by atoms with Gasteiger partial charge in [0.15, 0.2) is 0 Å². The van der Waals surface area contributed by atoms with Gasteiger partial charge in [-0.1, -0.05) is 0 Å². The number of nitrogen functional groups attached to an aromatic ring is 1. The molecule has 2 aromatic rings. The molecule has 1 aliphatic carbocycles. The molecule has 0 radical (unpaired) electrons. The molecule has 1 aromatic heterocycles. The van der Waals surface area contributed by atoms with E-state index in [2.05, 4.69) is 15.3 Å². The predicted octanol–water partition coefficient (Wildman–Crippen LogP) is 2.01. The minimum absolute atomic E-state index is 0.00240. The smallest absolute Gasteiger partial charge is 0.282 e. The molecule has 25 heavy (non-hydrogen) atoms. The van der Waals surface area contributed by atoms with E-state index in [1.807, 2.05) is 0 Å². The lowest BCUT2D eigenvalue weighted by molar-refractivity contribution is 0.102. The summed E-state index contributed by atoms with van der Waals surface area (Å²) in [7, 11) is 1.40. The fourth-order valence-electron chi connectivity index (χ4n) is 2.51. The number of anilines is 2. The van der Waals surface area contributed by atoms with Gasteiger partial charge in [-0.15, -0.1) is 0 Å². The highest BCUT2D eigenvalue weighted by molar-refractivity contribution is 6.03. The first-order chi connectivity index (χ1) is 11.9. The number of hydrogen-bond donors (Lipinski definition) is 3. The van der Waals surface area contributed by atoms with Crippen LogP contribution in [0.3, 0.4) is 0 Å². The Bertz CT molecular complexity index is 831. The first-order valence-electron chi connectivity index (χ1n) is 7.66. The van der Waals surface area contributed by atoms with Gasteiger partial charge in [0.05, 0.1) is 24.5 Å². The zero-order chi connectivity index (χ0) is 18.0. The van der Waals surface area contributed by atoms with Gasteiger partial charge < -0.3 is 21.5 Å². The maximum absolute atomic E-state index is 14.3. The molecule has 1 amide bonds. The molecule has 1 saturated carbocycles. The summed E-state index contributed by atoms with van der Waals surface area (Å²) in [4.78, 5) is 20.4. The van der Waals surface area contributed by atoms with Crippen LogP contribution in [0.5, 0.6) is 0 Å². The molecule has 1 aromatic carbocycles. The number of benzene rings is 1. The van der Waals surface area contributed by atoms with E-state index in [9.17, 15) is 9.18 Å². The molecule has 1 fully saturated rings. The standard InChI is InChI=1S/C17H18FN5O2/c1-25-16(20)23-17(6-7-17)12-8-11(3-4-13(12)18)22-15(24)14-5-2-10(19)9-21-14/h2-5,8-9H,6-7,19H2,1H3,(H2,20,23)(H,22,24). The number of carbonyl (C=O) groups is 1. The quantitative estimate of drug-likeness (QED) is 0.580. The molecule has 3 rings (SSSR count). The average molecular weight is 343 g/mol.